The lowest BCUT2D eigenvalue weighted by atomic mass is 10.0. The number of hydrogen-bond acceptors (Lipinski definition) is 4. The fraction of sp³-hybridized carbons (Fsp3) is 0.978. The first kappa shape index (κ1) is 50.4. The molecular weight excluding hydrogens is 631 g/mol. The fourth-order valence-electron chi connectivity index (χ4n) is 7.55. The van der Waals surface area contributed by atoms with Crippen molar-refractivity contribution in [1.82, 2.24) is 5.32 Å². The van der Waals surface area contributed by atoms with Gasteiger partial charge in [-0.2, -0.15) is 0 Å². The van der Waals surface area contributed by atoms with Crippen molar-refractivity contribution in [1.29, 1.82) is 0 Å². The third-order valence-electron chi connectivity index (χ3n) is 11.2. The van der Waals surface area contributed by atoms with Gasteiger partial charge < -0.3 is 20.6 Å². The molecule has 0 rings (SSSR count). The summed E-state index contributed by atoms with van der Waals surface area (Å²) in [7, 11) is 0. The third kappa shape index (κ3) is 37.5. The molecular formula is C46H93NO4. The van der Waals surface area contributed by atoms with Crippen molar-refractivity contribution in [2.75, 3.05) is 6.61 Å². The molecule has 0 aliphatic carbocycles. The van der Waals surface area contributed by atoms with E-state index in [-0.39, 0.29) is 6.61 Å². The molecule has 0 aromatic heterocycles. The molecule has 5 heteroatoms. The van der Waals surface area contributed by atoms with E-state index >= 15 is 0 Å². The van der Waals surface area contributed by atoms with E-state index in [0.717, 1.165) is 32.1 Å². The van der Waals surface area contributed by atoms with E-state index in [2.05, 4.69) is 19.2 Å². The van der Waals surface area contributed by atoms with Crippen LogP contribution in [-0.2, 0) is 4.79 Å². The molecule has 51 heavy (non-hydrogen) atoms. The topological polar surface area (TPSA) is 89.8 Å². The second kappa shape index (κ2) is 42.1. The highest BCUT2D eigenvalue weighted by Gasteiger charge is 2.23. The van der Waals surface area contributed by atoms with Crippen LogP contribution < -0.4 is 5.32 Å². The number of carbonyl (C=O) groups excluding carboxylic acids is 1. The Morgan fingerprint density at radius 2 is 0.627 bits per heavy atom. The standard InChI is InChI=1S/C46H93NO4/c1-3-5-7-9-11-13-15-17-19-21-22-23-24-25-27-29-31-33-35-37-39-41-45(50)46(51)47-43(42-48)44(49)40-38-36-34-32-30-28-26-20-18-16-14-12-10-8-6-4-2/h43-45,48-50H,3-42H2,1-2H3,(H,47,51). The molecule has 0 saturated carbocycles. The summed E-state index contributed by atoms with van der Waals surface area (Å²) in [5.41, 5.74) is 0. The quantitative estimate of drug-likeness (QED) is 0.0472. The van der Waals surface area contributed by atoms with E-state index in [1.165, 1.54) is 205 Å². The summed E-state index contributed by atoms with van der Waals surface area (Å²) in [6.45, 7) is 4.26. The van der Waals surface area contributed by atoms with Crippen molar-refractivity contribution in [2.45, 2.75) is 283 Å². The zero-order chi connectivity index (χ0) is 37.3. The molecule has 4 N–H and O–H groups in total. The first-order valence-electron chi connectivity index (χ1n) is 23.3. The highest BCUT2D eigenvalue weighted by Crippen LogP contribution is 2.17. The van der Waals surface area contributed by atoms with Crippen LogP contribution in [-0.4, -0.2) is 46.1 Å². The lowest BCUT2D eigenvalue weighted by molar-refractivity contribution is -0.131. The second-order valence-corrected chi connectivity index (χ2v) is 16.3. The minimum Gasteiger partial charge on any atom is -0.394 e. The molecule has 0 bridgehead atoms. The fourth-order valence-corrected chi connectivity index (χ4v) is 7.55. The van der Waals surface area contributed by atoms with Crippen LogP contribution in [0.15, 0.2) is 0 Å². The number of aliphatic hydroxyl groups is 3. The van der Waals surface area contributed by atoms with Crippen molar-refractivity contribution in [3.63, 3.8) is 0 Å². The second-order valence-electron chi connectivity index (χ2n) is 16.3. The van der Waals surface area contributed by atoms with Crippen molar-refractivity contribution >= 4 is 5.91 Å². The van der Waals surface area contributed by atoms with Gasteiger partial charge in [0.2, 0.25) is 5.91 Å². The van der Waals surface area contributed by atoms with Crippen LogP contribution in [0.25, 0.3) is 0 Å². The molecule has 0 fully saturated rings. The van der Waals surface area contributed by atoms with Crippen LogP contribution in [0.5, 0.6) is 0 Å². The van der Waals surface area contributed by atoms with E-state index in [4.69, 9.17) is 0 Å². The average molecular weight is 724 g/mol. The number of hydrogen-bond donors (Lipinski definition) is 4. The Hall–Kier alpha value is -0.650. The van der Waals surface area contributed by atoms with Crippen LogP contribution in [0.2, 0.25) is 0 Å². The summed E-state index contributed by atoms with van der Waals surface area (Å²) in [5.74, 6) is -0.465. The van der Waals surface area contributed by atoms with E-state index in [0.29, 0.717) is 12.8 Å². The minimum atomic E-state index is -1.07. The Morgan fingerprint density at radius 3 is 0.882 bits per heavy atom. The Morgan fingerprint density at radius 1 is 0.392 bits per heavy atom. The first-order valence-corrected chi connectivity index (χ1v) is 23.3. The molecule has 0 aromatic carbocycles. The minimum absolute atomic E-state index is 0.308. The van der Waals surface area contributed by atoms with Gasteiger partial charge in [-0.25, -0.2) is 0 Å². The molecule has 0 heterocycles. The summed E-state index contributed by atoms with van der Waals surface area (Å²) in [5, 5.41) is 33.4. The van der Waals surface area contributed by atoms with Gasteiger partial charge in [0.15, 0.2) is 0 Å². The van der Waals surface area contributed by atoms with E-state index in [1.54, 1.807) is 0 Å². The maximum Gasteiger partial charge on any atom is 0.249 e. The van der Waals surface area contributed by atoms with Crippen LogP contribution in [0.4, 0.5) is 0 Å². The van der Waals surface area contributed by atoms with Crippen molar-refractivity contribution in [2.24, 2.45) is 0 Å². The molecule has 3 unspecified atom stereocenters. The van der Waals surface area contributed by atoms with Gasteiger partial charge in [0, 0.05) is 0 Å². The van der Waals surface area contributed by atoms with E-state index in [9.17, 15) is 20.1 Å². The largest absolute Gasteiger partial charge is 0.394 e. The number of carbonyl (C=O) groups is 1. The van der Waals surface area contributed by atoms with Crippen LogP contribution in [0.3, 0.4) is 0 Å². The third-order valence-corrected chi connectivity index (χ3v) is 11.2. The maximum atomic E-state index is 12.5. The van der Waals surface area contributed by atoms with Gasteiger partial charge in [0.1, 0.15) is 6.10 Å². The Kier molecular flexibility index (Phi) is 41.6. The summed E-state index contributed by atoms with van der Waals surface area (Å²) < 4.78 is 0. The smallest absolute Gasteiger partial charge is 0.249 e. The van der Waals surface area contributed by atoms with Gasteiger partial charge in [0.05, 0.1) is 18.8 Å². The molecule has 0 radical (unpaired) electrons. The maximum absolute atomic E-state index is 12.5. The van der Waals surface area contributed by atoms with Crippen LogP contribution in [0.1, 0.15) is 264 Å². The van der Waals surface area contributed by atoms with Crippen LogP contribution >= 0.6 is 0 Å². The number of nitrogens with one attached hydrogen (secondary N) is 1. The lowest BCUT2D eigenvalue weighted by Gasteiger charge is -2.23. The number of aliphatic hydroxyl groups excluding tert-OH is 3. The van der Waals surface area contributed by atoms with Crippen molar-refractivity contribution in [3.05, 3.63) is 0 Å². The zero-order valence-electron chi connectivity index (χ0n) is 34.8. The predicted octanol–water partition coefficient (Wildman–Crippen LogP) is 13.4. The SMILES string of the molecule is CCCCCCCCCCCCCCCCCCCCCCCC(O)C(=O)NC(CO)C(O)CCCCCCCCCCCCCCCCCC. The molecule has 0 aromatic rings. The highest BCUT2D eigenvalue weighted by atomic mass is 16.3. The number of rotatable bonds is 43. The zero-order valence-corrected chi connectivity index (χ0v) is 34.8. The van der Waals surface area contributed by atoms with Gasteiger partial charge >= 0.3 is 0 Å². The van der Waals surface area contributed by atoms with E-state index in [1.807, 2.05) is 0 Å². The molecule has 0 saturated heterocycles. The summed E-state index contributed by atoms with van der Waals surface area (Å²) >= 11 is 0. The first-order chi connectivity index (χ1) is 25.1. The summed E-state index contributed by atoms with van der Waals surface area (Å²) in [4.78, 5) is 12.5. The van der Waals surface area contributed by atoms with Gasteiger partial charge in [-0.3, -0.25) is 4.79 Å². The van der Waals surface area contributed by atoms with Crippen molar-refractivity contribution < 1.29 is 20.1 Å². The Balaban J connectivity index is 3.55. The molecule has 1 amide bonds. The highest BCUT2D eigenvalue weighted by molar-refractivity contribution is 5.80. The molecule has 3 atom stereocenters. The van der Waals surface area contributed by atoms with Gasteiger partial charge in [-0.05, 0) is 12.8 Å². The Bertz CT molecular complexity index is 674. The molecule has 0 spiro atoms. The van der Waals surface area contributed by atoms with Crippen LogP contribution in [0, 0.1) is 0 Å². The van der Waals surface area contributed by atoms with E-state index < -0.39 is 24.2 Å². The summed E-state index contributed by atoms with van der Waals surface area (Å²) in [6, 6.07) is -0.705. The van der Waals surface area contributed by atoms with Gasteiger partial charge in [-0.15, -0.1) is 0 Å². The number of amides is 1. The summed E-state index contributed by atoms with van der Waals surface area (Å²) in [6.07, 6.45) is 48.2. The van der Waals surface area contributed by atoms with Gasteiger partial charge in [0.25, 0.3) is 0 Å². The molecule has 0 aliphatic rings. The van der Waals surface area contributed by atoms with Crippen molar-refractivity contribution in [3.8, 4) is 0 Å². The monoisotopic (exact) mass is 724 g/mol. The number of unbranched alkanes of at least 4 members (excludes halogenated alkanes) is 35. The van der Waals surface area contributed by atoms with Gasteiger partial charge in [-0.1, -0.05) is 251 Å². The molecule has 5 nitrogen and oxygen atoms in total. The average Bonchev–Trinajstić information content (AvgIpc) is 3.13. The lowest BCUT2D eigenvalue weighted by Crippen LogP contribution is -2.49. The molecule has 306 valence electrons. The predicted molar refractivity (Wildman–Crippen MR) is 222 cm³/mol. The normalized spacial score (nSPS) is 13.4. The molecule has 0 aliphatic heterocycles. The Labute approximate surface area is 319 Å².